The zero-order valence-corrected chi connectivity index (χ0v) is 21.9. The van der Waals surface area contributed by atoms with Gasteiger partial charge in [0.2, 0.25) is 11.9 Å². The maximum Gasteiger partial charge on any atom is 0.228 e. The van der Waals surface area contributed by atoms with E-state index < -0.39 is 0 Å². The van der Waals surface area contributed by atoms with E-state index >= 15 is 0 Å². The number of hydrogen-bond acceptors (Lipinski definition) is 8. The Morgan fingerprint density at radius 3 is 2.69 bits per heavy atom. The third-order valence-electron chi connectivity index (χ3n) is 6.17. The fourth-order valence-electron chi connectivity index (χ4n) is 3.86. The molecule has 1 saturated heterocycles. The van der Waals surface area contributed by atoms with Gasteiger partial charge in [0, 0.05) is 57.3 Å². The second-order valence-electron chi connectivity index (χ2n) is 8.69. The molecule has 1 aliphatic rings. The zero-order chi connectivity index (χ0) is 24.9. The van der Waals surface area contributed by atoms with Gasteiger partial charge in [-0.05, 0) is 47.0 Å². The molecule has 1 amide bonds. The van der Waals surface area contributed by atoms with Crippen molar-refractivity contribution in [3.63, 3.8) is 0 Å². The van der Waals surface area contributed by atoms with E-state index in [1.807, 2.05) is 42.3 Å². The van der Waals surface area contributed by atoms with E-state index in [0.717, 1.165) is 22.9 Å². The van der Waals surface area contributed by atoms with Gasteiger partial charge in [0.1, 0.15) is 16.0 Å². The molecule has 1 fully saturated rings. The quantitative estimate of drug-likeness (QED) is 0.439. The van der Waals surface area contributed by atoms with E-state index in [1.165, 1.54) is 0 Å². The summed E-state index contributed by atoms with van der Waals surface area (Å²) in [5, 5.41) is 4.46. The number of nitrogens with one attached hydrogen (secondary N) is 1. The van der Waals surface area contributed by atoms with Gasteiger partial charge in [0.05, 0.1) is 5.52 Å². The van der Waals surface area contributed by atoms with Crippen LogP contribution in [-0.4, -0.2) is 62.6 Å². The number of benzene rings is 1. The number of amides is 1. The minimum atomic E-state index is 0.0818. The first kappa shape index (κ1) is 24.8. The van der Waals surface area contributed by atoms with Gasteiger partial charge in [-0.15, -0.1) is 0 Å². The second kappa shape index (κ2) is 11.0. The molecule has 9 nitrogen and oxygen atoms in total. The standard InChI is InChI=1S/C25H31BrN8O/c1-4-16(2)30-23(26)22-21(27)24(29-15-18-13-19-7-5-6-8-20(19)28-14-18)32-25(31-22)34-11-9-33(10-12-34)17(3)35/h5-8,13-14,16H,4,9-12,15,27H2,1-3H3,(H,29,31,32). The normalized spacial score (nSPS) is 15.4. The molecule has 0 bridgehead atoms. The number of pyridine rings is 1. The van der Waals surface area contributed by atoms with Gasteiger partial charge in [-0.2, -0.15) is 4.98 Å². The largest absolute Gasteiger partial charge is 0.394 e. The van der Waals surface area contributed by atoms with Crippen LogP contribution < -0.4 is 16.0 Å². The molecule has 3 heterocycles. The molecule has 35 heavy (non-hydrogen) atoms. The maximum atomic E-state index is 11.7. The molecule has 0 saturated carbocycles. The van der Waals surface area contributed by atoms with Crippen molar-refractivity contribution in [3.05, 3.63) is 47.8 Å². The number of anilines is 3. The highest BCUT2D eigenvalue weighted by molar-refractivity contribution is 9.18. The number of aliphatic imine (C=N–C) groups is 1. The van der Waals surface area contributed by atoms with Crippen molar-refractivity contribution in [3.8, 4) is 0 Å². The van der Waals surface area contributed by atoms with E-state index in [0.29, 0.717) is 60.5 Å². The van der Waals surface area contributed by atoms with Crippen LogP contribution in [0, 0.1) is 0 Å². The number of nitrogens with two attached hydrogens (primary N) is 1. The molecule has 10 heteroatoms. The van der Waals surface area contributed by atoms with Crippen molar-refractivity contribution < 1.29 is 4.79 Å². The summed E-state index contributed by atoms with van der Waals surface area (Å²) in [5.74, 6) is 1.19. The molecular formula is C25H31BrN8O. The Hall–Kier alpha value is -3.27. The molecule has 1 aromatic carbocycles. The highest BCUT2D eigenvalue weighted by atomic mass is 79.9. The molecule has 184 valence electrons. The van der Waals surface area contributed by atoms with Crippen LogP contribution in [0.4, 0.5) is 17.5 Å². The van der Waals surface area contributed by atoms with Crippen molar-refractivity contribution in [2.24, 2.45) is 4.99 Å². The lowest BCUT2D eigenvalue weighted by atomic mass is 10.1. The number of carbonyl (C=O) groups is 1. The number of rotatable bonds is 7. The summed E-state index contributed by atoms with van der Waals surface area (Å²) >= 11 is 3.59. The minimum Gasteiger partial charge on any atom is -0.394 e. The third kappa shape index (κ3) is 5.87. The molecule has 3 aromatic rings. The van der Waals surface area contributed by atoms with E-state index in [-0.39, 0.29) is 11.9 Å². The second-order valence-corrected chi connectivity index (χ2v) is 9.45. The van der Waals surface area contributed by atoms with Gasteiger partial charge < -0.3 is 20.9 Å². The molecule has 2 aromatic heterocycles. The van der Waals surface area contributed by atoms with Gasteiger partial charge in [-0.3, -0.25) is 14.8 Å². The number of para-hydroxylation sites is 1. The summed E-state index contributed by atoms with van der Waals surface area (Å²) in [6.45, 7) is 8.80. The number of halogens is 1. The Morgan fingerprint density at radius 2 is 1.97 bits per heavy atom. The Labute approximate surface area is 214 Å². The SMILES string of the molecule is CCC(C)N=C(Br)c1nc(N2CCN(C(C)=O)CC2)nc(NCc2cnc3ccccc3c2)c1N. The lowest BCUT2D eigenvalue weighted by Gasteiger charge is -2.34. The van der Waals surface area contributed by atoms with Crippen LogP contribution in [0.5, 0.6) is 0 Å². The Kier molecular flexibility index (Phi) is 7.80. The van der Waals surface area contributed by atoms with E-state index in [2.05, 4.69) is 44.1 Å². The van der Waals surface area contributed by atoms with Gasteiger partial charge in [-0.25, -0.2) is 4.98 Å². The summed E-state index contributed by atoms with van der Waals surface area (Å²) in [4.78, 5) is 34.4. The van der Waals surface area contributed by atoms with Crippen LogP contribution in [0.2, 0.25) is 0 Å². The molecule has 0 aliphatic carbocycles. The van der Waals surface area contributed by atoms with Crippen molar-refractivity contribution in [1.29, 1.82) is 0 Å². The lowest BCUT2D eigenvalue weighted by Crippen LogP contribution is -2.48. The average molecular weight is 539 g/mol. The molecular weight excluding hydrogens is 508 g/mol. The van der Waals surface area contributed by atoms with Gasteiger partial charge in [0.15, 0.2) is 5.82 Å². The summed E-state index contributed by atoms with van der Waals surface area (Å²) in [6.07, 6.45) is 2.76. The van der Waals surface area contributed by atoms with Crippen LogP contribution in [-0.2, 0) is 11.3 Å². The molecule has 1 unspecified atom stereocenters. The van der Waals surface area contributed by atoms with E-state index in [1.54, 1.807) is 6.92 Å². The predicted molar refractivity (Wildman–Crippen MR) is 145 cm³/mol. The van der Waals surface area contributed by atoms with Crippen molar-refractivity contribution in [2.75, 3.05) is 42.1 Å². The Balaban J connectivity index is 1.63. The van der Waals surface area contributed by atoms with Crippen molar-refractivity contribution in [1.82, 2.24) is 19.9 Å². The fraction of sp³-hybridized carbons (Fsp3) is 0.400. The van der Waals surface area contributed by atoms with Gasteiger partial charge >= 0.3 is 0 Å². The van der Waals surface area contributed by atoms with Crippen molar-refractivity contribution in [2.45, 2.75) is 39.8 Å². The first-order valence-corrected chi connectivity index (χ1v) is 12.6. The highest BCUT2D eigenvalue weighted by Crippen LogP contribution is 2.27. The molecule has 1 atom stereocenters. The number of hydrogen-bond donors (Lipinski definition) is 2. The third-order valence-corrected chi connectivity index (χ3v) is 6.75. The number of nitrogens with zero attached hydrogens (tertiary/aromatic N) is 6. The van der Waals surface area contributed by atoms with Gasteiger partial charge in [-0.1, -0.05) is 25.1 Å². The smallest absolute Gasteiger partial charge is 0.228 e. The molecule has 3 N–H and O–H groups in total. The first-order valence-electron chi connectivity index (χ1n) is 11.8. The zero-order valence-electron chi connectivity index (χ0n) is 20.3. The number of piperazine rings is 1. The summed E-state index contributed by atoms with van der Waals surface area (Å²) < 4.78 is 0.603. The average Bonchev–Trinajstić information content (AvgIpc) is 2.87. The van der Waals surface area contributed by atoms with Crippen LogP contribution in [0.3, 0.4) is 0 Å². The monoisotopic (exact) mass is 538 g/mol. The minimum absolute atomic E-state index is 0.0818. The number of aromatic nitrogens is 3. The number of carbonyl (C=O) groups excluding carboxylic acids is 1. The fourth-order valence-corrected chi connectivity index (χ4v) is 4.51. The highest BCUT2D eigenvalue weighted by Gasteiger charge is 2.24. The van der Waals surface area contributed by atoms with Crippen molar-refractivity contribution >= 4 is 54.8 Å². The van der Waals surface area contributed by atoms with Crippen LogP contribution in [0.25, 0.3) is 10.9 Å². The summed E-state index contributed by atoms with van der Waals surface area (Å²) in [6, 6.07) is 10.3. The van der Waals surface area contributed by atoms with Crippen LogP contribution in [0.1, 0.15) is 38.4 Å². The summed E-state index contributed by atoms with van der Waals surface area (Å²) in [5.41, 5.74) is 9.50. The summed E-state index contributed by atoms with van der Waals surface area (Å²) in [7, 11) is 0. The van der Waals surface area contributed by atoms with Crippen LogP contribution >= 0.6 is 15.9 Å². The maximum absolute atomic E-state index is 11.7. The number of nitrogen functional groups attached to an aromatic ring is 1. The topological polar surface area (TPSA) is 113 Å². The molecule has 4 rings (SSSR count). The molecule has 0 radical (unpaired) electrons. The Morgan fingerprint density at radius 1 is 1.23 bits per heavy atom. The van der Waals surface area contributed by atoms with E-state index in [4.69, 9.17) is 20.7 Å². The predicted octanol–water partition coefficient (Wildman–Crippen LogP) is 3.83. The van der Waals surface area contributed by atoms with Crippen LogP contribution in [0.15, 0.2) is 41.5 Å². The Bertz CT molecular complexity index is 1240. The molecule has 1 aliphatic heterocycles. The number of fused-ring (bicyclic) bond motifs is 1. The lowest BCUT2D eigenvalue weighted by molar-refractivity contribution is -0.129. The van der Waals surface area contributed by atoms with E-state index in [9.17, 15) is 4.79 Å². The molecule has 0 spiro atoms. The first-order chi connectivity index (χ1) is 16.9. The van der Waals surface area contributed by atoms with Gasteiger partial charge in [0.25, 0.3) is 0 Å².